The standard InChI is InChI=1S/C24H21FN2O3.Li/c25-23-18(13-26)5-3-6-19(23)20-11-15(10-17-8-9-30-24(17)20)14-27-21-7-2-1-4-16(21)12-22(28)29;/h1-11,27H,12-14,26H2,(H,28,29);/q;+1/p-1. The van der Waals surface area contributed by atoms with E-state index in [4.69, 9.17) is 10.2 Å². The van der Waals surface area contributed by atoms with E-state index in [2.05, 4.69) is 5.32 Å². The summed E-state index contributed by atoms with van der Waals surface area (Å²) in [4.78, 5) is 11.0. The summed E-state index contributed by atoms with van der Waals surface area (Å²) in [5, 5.41) is 15.1. The van der Waals surface area contributed by atoms with Crippen molar-refractivity contribution in [1.29, 1.82) is 0 Å². The number of hydrogen-bond donors (Lipinski definition) is 2. The van der Waals surface area contributed by atoms with Gasteiger partial charge in [-0.15, -0.1) is 0 Å². The first kappa shape index (κ1) is 22.6. The number of nitrogens with one attached hydrogen (secondary N) is 1. The van der Waals surface area contributed by atoms with Crippen molar-refractivity contribution in [3.05, 3.63) is 89.4 Å². The van der Waals surface area contributed by atoms with Gasteiger partial charge in [0.1, 0.15) is 11.4 Å². The molecule has 0 aliphatic heterocycles. The molecule has 7 heteroatoms. The van der Waals surface area contributed by atoms with Crippen LogP contribution in [0, 0.1) is 5.82 Å². The monoisotopic (exact) mass is 410 g/mol. The first-order chi connectivity index (χ1) is 14.6. The Labute approximate surface area is 191 Å². The Bertz CT molecular complexity index is 1220. The van der Waals surface area contributed by atoms with Crippen molar-refractivity contribution in [3.8, 4) is 11.1 Å². The van der Waals surface area contributed by atoms with Gasteiger partial charge in [0, 0.05) is 53.2 Å². The molecule has 5 nitrogen and oxygen atoms in total. The second-order valence-corrected chi connectivity index (χ2v) is 7.02. The van der Waals surface area contributed by atoms with Crippen molar-refractivity contribution in [3.63, 3.8) is 0 Å². The van der Waals surface area contributed by atoms with Crippen LogP contribution >= 0.6 is 0 Å². The van der Waals surface area contributed by atoms with E-state index in [-0.39, 0.29) is 37.6 Å². The van der Waals surface area contributed by atoms with E-state index in [0.717, 1.165) is 10.9 Å². The van der Waals surface area contributed by atoms with Crippen LogP contribution in [0.3, 0.4) is 0 Å². The number of anilines is 1. The summed E-state index contributed by atoms with van der Waals surface area (Å²) in [6.07, 6.45) is 1.40. The zero-order valence-electron chi connectivity index (χ0n) is 17.2. The van der Waals surface area contributed by atoms with Gasteiger partial charge in [0.05, 0.1) is 6.26 Å². The van der Waals surface area contributed by atoms with Gasteiger partial charge in [-0.3, -0.25) is 0 Å². The predicted molar refractivity (Wildman–Crippen MR) is 112 cm³/mol. The second kappa shape index (κ2) is 9.84. The number of furan rings is 1. The van der Waals surface area contributed by atoms with Crippen molar-refractivity contribution in [2.45, 2.75) is 19.5 Å². The first-order valence-corrected chi connectivity index (χ1v) is 9.56. The maximum Gasteiger partial charge on any atom is 1.00 e. The molecule has 0 bridgehead atoms. The summed E-state index contributed by atoms with van der Waals surface area (Å²) >= 11 is 0. The minimum atomic E-state index is -1.14. The van der Waals surface area contributed by atoms with Crippen LogP contribution in [0.2, 0.25) is 0 Å². The van der Waals surface area contributed by atoms with Gasteiger partial charge in [-0.1, -0.05) is 36.4 Å². The zero-order chi connectivity index (χ0) is 21.1. The smallest absolute Gasteiger partial charge is 0.550 e. The Hall–Kier alpha value is -3.04. The Morgan fingerprint density at radius 1 is 1.03 bits per heavy atom. The number of para-hydroxylation sites is 1. The summed E-state index contributed by atoms with van der Waals surface area (Å²) < 4.78 is 20.6. The van der Waals surface area contributed by atoms with E-state index in [1.165, 1.54) is 0 Å². The van der Waals surface area contributed by atoms with E-state index in [1.54, 1.807) is 36.6 Å². The van der Waals surface area contributed by atoms with Gasteiger partial charge in [0.2, 0.25) is 0 Å². The molecule has 4 rings (SSSR count). The van der Waals surface area contributed by atoms with Gasteiger partial charge in [-0.25, -0.2) is 4.39 Å². The summed E-state index contributed by atoms with van der Waals surface area (Å²) in [6.45, 7) is 0.536. The van der Waals surface area contributed by atoms with Crippen LogP contribution in [0.15, 0.2) is 71.3 Å². The minimum absolute atomic E-state index is 0. The van der Waals surface area contributed by atoms with E-state index in [9.17, 15) is 14.3 Å². The average molecular weight is 410 g/mol. The fourth-order valence-corrected chi connectivity index (χ4v) is 3.59. The molecule has 4 aromatic rings. The molecule has 0 spiro atoms. The molecule has 3 N–H and O–H groups in total. The number of rotatable bonds is 7. The van der Waals surface area contributed by atoms with Gasteiger partial charge >= 0.3 is 18.9 Å². The molecule has 31 heavy (non-hydrogen) atoms. The van der Waals surface area contributed by atoms with Gasteiger partial charge in [-0.05, 0) is 35.4 Å². The number of carbonyl (C=O) groups excluding carboxylic acids is 1. The number of hydrogen-bond acceptors (Lipinski definition) is 5. The van der Waals surface area contributed by atoms with E-state index in [1.807, 2.05) is 30.3 Å². The maximum absolute atomic E-state index is 15.0. The summed E-state index contributed by atoms with van der Waals surface area (Å²) in [7, 11) is 0. The molecule has 0 saturated heterocycles. The van der Waals surface area contributed by atoms with Crippen LogP contribution in [0.1, 0.15) is 16.7 Å². The Kier molecular flexibility index (Phi) is 7.19. The molecular weight excluding hydrogens is 390 g/mol. The molecule has 1 heterocycles. The molecule has 0 unspecified atom stereocenters. The van der Waals surface area contributed by atoms with Crippen molar-refractivity contribution in [2.24, 2.45) is 5.73 Å². The van der Waals surface area contributed by atoms with Gasteiger partial charge in [0.25, 0.3) is 0 Å². The number of benzene rings is 3. The quantitative estimate of drug-likeness (QED) is 0.436. The Morgan fingerprint density at radius 3 is 2.58 bits per heavy atom. The fourth-order valence-electron chi connectivity index (χ4n) is 3.59. The van der Waals surface area contributed by atoms with Crippen LogP contribution in [0.25, 0.3) is 22.1 Å². The van der Waals surface area contributed by atoms with E-state index < -0.39 is 5.97 Å². The van der Waals surface area contributed by atoms with Gasteiger partial charge in [0.15, 0.2) is 0 Å². The number of carboxylic acid groups (broad SMARTS) is 1. The van der Waals surface area contributed by atoms with Gasteiger partial charge in [-0.2, -0.15) is 0 Å². The topological polar surface area (TPSA) is 91.3 Å². The molecule has 0 aliphatic carbocycles. The second-order valence-electron chi connectivity index (χ2n) is 7.02. The molecule has 0 aliphatic rings. The van der Waals surface area contributed by atoms with Crippen molar-refractivity contribution in [1.82, 2.24) is 0 Å². The van der Waals surface area contributed by atoms with Crippen molar-refractivity contribution in [2.75, 3.05) is 5.32 Å². The third-order valence-electron chi connectivity index (χ3n) is 5.03. The third kappa shape index (κ3) is 4.83. The first-order valence-electron chi connectivity index (χ1n) is 9.56. The number of fused-ring (bicyclic) bond motifs is 1. The molecule has 1 aromatic heterocycles. The fraction of sp³-hybridized carbons (Fsp3) is 0.125. The SMILES string of the molecule is NCc1cccc(-c2cc(CNc3ccccc3CC(=O)[O-])cc3ccoc23)c1F.[Li+]. The molecule has 0 atom stereocenters. The van der Waals surface area contributed by atoms with E-state index >= 15 is 0 Å². The van der Waals surface area contributed by atoms with Crippen molar-refractivity contribution < 1.29 is 37.6 Å². The molecule has 0 fully saturated rings. The van der Waals surface area contributed by atoms with Crippen LogP contribution in [-0.2, 0) is 24.3 Å². The van der Waals surface area contributed by atoms with Crippen molar-refractivity contribution >= 4 is 22.6 Å². The van der Waals surface area contributed by atoms with Crippen LogP contribution in [0.5, 0.6) is 0 Å². The molecule has 0 amide bonds. The number of carboxylic acids is 1. The van der Waals surface area contributed by atoms with Crippen LogP contribution in [0.4, 0.5) is 10.1 Å². The number of carbonyl (C=O) groups is 1. The Morgan fingerprint density at radius 2 is 1.81 bits per heavy atom. The predicted octanol–water partition coefficient (Wildman–Crippen LogP) is 0.606. The summed E-state index contributed by atoms with van der Waals surface area (Å²) in [5.74, 6) is -1.50. The maximum atomic E-state index is 15.0. The zero-order valence-corrected chi connectivity index (χ0v) is 17.2. The van der Waals surface area contributed by atoms with Crippen LogP contribution in [-0.4, -0.2) is 5.97 Å². The summed E-state index contributed by atoms with van der Waals surface area (Å²) in [5.41, 5.74) is 10.0. The number of nitrogens with two attached hydrogens (primary N) is 1. The number of halogens is 1. The molecular formula is C24H20FLiN2O3. The van der Waals surface area contributed by atoms with Gasteiger partial charge < -0.3 is 25.4 Å². The summed E-state index contributed by atoms with van der Waals surface area (Å²) in [6, 6.07) is 18.0. The molecule has 3 aromatic carbocycles. The van der Waals surface area contributed by atoms with Crippen LogP contribution < -0.4 is 35.0 Å². The average Bonchev–Trinajstić information content (AvgIpc) is 3.21. The normalized spacial score (nSPS) is 10.6. The van der Waals surface area contributed by atoms with E-state index in [0.29, 0.717) is 40.1 Å². The largest absolute Gasteiger partial charge is 1.00 e. The molecule has 0 saturated carbocycles. The molecule has 152 valence electrons. The molecule has 0 radical (unpaired) electrons. The minimum Gasteiger partial charge on any atom is -0.550 e. The number of aliphatic carboxylic acids is 1. The Balaban J connectivity index is 0.00000272. The third-order valence-corrected chi connectivity index (χ3v) is 5.03.